The molecule has 0 radical (unpaired) electrons. The number of nitrogens with zero attached hydrogens (tertiary/aromatic N) is 1. The van der Waals surface area contributed by atoms with Crippen molar-refractivity contribution < 1.29 is 9.47 Å². The molecule has 6 heteroatoms. The van der Waals surface area contributed by atoms with Crippen LogP contribution in [-0.4, -0.2) is 37.2 Å². The fraction of sp³-hybridized carbons (Fsp3) is 0.600. The molecule has 2 N–H and O–H groups in total. The maximum atomic E-state index is 6.31. The summed E-state index contributed by atoms with van der Waals surface area (Å²) in [6, 6.07) is 4.29. The highest BCUT2D eigenvalue weighted by molar-refractivity contribution is 6.32. The SMILES string of the molecule is CC1CN(Cc2cc(Cl)c3c(c2)OCCCO3)CC1N.Cl. The molecule has 1 saturated heterocycles. The standard InChI is InChI=1S/C15H21ClN2O2.ClH/c1-10-7-18(9-13(10)17)8-11-5-12(16)15-14(6-11)19-3-2-4-20-15;/h5-6,10,13H,2-4,7-9,17H2,1H3;1H. The molecular weight excluding hydrogens is 311 g/mol. The normalized spacial score (nSPS) is 25.3. The van der Waals surface area contributed by atoms with Crippen LogP contribution in [0.2, 0.25) is 5.02 Å². The van der Waals surface area contributed by atoms with E-state index in [1.165, 1.54) is 0 Å². The van der Waals surface area contributed by atoms with E-state index in [9.17, 15) is 0 Å². The monoisotopic (exact) mass is 332 g/mol. The number of fused-ring (bicyclic) bond motifs is 1. The van der Waals surface area contributed by atoms with Gasteiger partial charge in [0.1, 0.15) is 0 Å². The zero-order valence-electron chi connectivity index (χ0n) is 12.2. The van der Waals surface area contributed by atoms with Crippen LogP contribution in [0.3, 0.4) is 0 Å². The Bertz CT molecular complexity index is 489. The Balaban J connectivity index is 0.00000161. The van der Waals surface area contributed by atoms with Crippen molar-refractivity contribution in [3.05, 3.63) is 22.7 Å². The van der Waals surface area contributed by atoms with Gasteiger partial charge in [-0.1, -0.05) is 18.5 Å². The molecule has 1 fully saturated rings. The van der Waals surface area contributed by atoms with Gasteiger partial charge in [0, 0.05) is 32.1 Å². The summed E-state index contributed by atoms with van der Waals surface area (Å²) in [5.74, 6) is 1.99. The van der Waals surface area contributed by atoms with Gasteiger partial charge in [-0.15, -0.1) is 12.4 Å². The molecule has 2 unspecified atom stereocenters. The predicted molar refractivity (Wildman–Crippen MR) is 86.7 cm³/mol. The molecule has 21 heavy (non-hydrogen) atoms. The highest BCUT2D eigenvalue weighted by Crippen LogP contribution is 2.38. The highest BCUT2D eigenvalue weighted by atomic mass is 35.5. The van der Waals surface area contributed by atoms with Crippen LogP contribution in [0.15, 0.2) is 12.1 Å². The fourth-order valence-corrected chi connectivity index (χ4v) is 3.15. The molecule has 118 valence electrons. The molecule has 0 bridgehead atoms. The first-order valence-electron chi connectivity index (χ1n) is 7.19. The maximum Gasteiger partial charge on any atom is 0.179 e. The number of ether oxygens (including phenoxy) is 2. The van der Waals surface area contributed by atoms with Crippen LogP contribution in [0, 0.1) is 5.92 Å². The Morgan fingerprint density at radius 2 is 2.05 bits per heavy atom. The van der Waals surface area contributed by atoms with Crippen molar-refractivity contribution in [3.63, 3.8) is 0 Å². The second-order valence-electron chi connectivity index (χ2n) is 5.79. The van der Waals surface area contributed by atoms with Gasteiger partial charge in [0.25, 0.3) is 0 Å². The third-order valence-corrected chi connectivity index (χ3v) is 4.29. The third kappa shape index (κ3) is 3.75. The van der Waals surface area contributed by atoms with Gasteiger partial charge in [-0.3, -0.25) is 4.90 Å². The van der Waals surface area contributed by atoms with Crippen LogP contribution in [0.4, 0.5) is 0 Å². The first-order chi connectivity index (χ1) is 9.63. The fourth-order valence-electron chi connectivity index (χ4n) is 2.86. The van der Waals surface area contributed by atoms with E-state index < -0.39 is 0 Å². The van der Waals surface area contributed by atoms with E-state index in [1.807, 2.05) is 12.1 Å². The molecule has 0 aliphatic carbocycles. The van der Waals surface area contributed by atoms with E-state index in [4.69, 9.17) is 26.8 Å². The van der Waals surface area contributed by atoms with Gasteiger partial charge in [0.2, 0.25) is 0 Å². The summed E-state index contributed by atoms with van der Waals surface area (Å²) < 4.78 is 11.4. The highest BCUT2D eigenvalue weighted by Gasteiger charge is 2.27. The second-order valence-corrected chi connectivity index (χ2v) is 6.20. The first-order valence-corrected chi connectivity index (χ1v) is 7.57. The number of hydrogen-bond donors (Lipinski definition) is 1. The van der Waals surface area contributed by atoms with E-state index >= 15 is 0 Å². The van der Waals surface area contributed by atoms with Gasteiger partial charge >= 0.3 is 0 Å². The van der Waals surface area contributed by atoms with Crippen molar-refractivity contribution in [2.75, 3.05) is 26.3 Å². The molecule has 3 rings (SSSR count). The first kappa shape index (κ1) is 16.7. The largest absolute Gasteiger partial charge is 0.489 e. The molecule has 2 heterocycles. The van der Waals surface area contributed by atoms with Gasteiger partial charge in [-0.05, 0) is 23.6 Å². The van der Waals surface area contributed by atoms with Crippen molar-refractivity contribution in [1.82, 2.24) is 4.90 Å². The summed E-state index contributed by atoms with van der Waals surface area (Å²) in [5.41, 5.74) is 7.22. The Labute approximate surface area is 136 Å². The maximum absolute atomic E-state index is 6.31. The topological polar surface area (TPSA) is 47.7 Å². The predicted octanol–water partition coefficient (Wildman–Crippen LogP) is 2.70. The molecule has 0 amide bonds. The molecule has 4 nitrogen and oxygen atoms in total. The molecule has 0 saturated carbocycles. The molecule has 2 aliphatic rings. The molecule has 0 spiro atoms. The number of nitrogens with two attached hydrogens (primary N) is 1. The van der Waals surface area contributed by atoms with Crippen molar-refractivity contribution in [2.45, 2.75) is 25.9 Å². The minimum absolute atomic E-state index is 0. The van der Waals surface area contributed by atoms with Gasteiger partial charge in [0.15, 0.2) is 11.5 Å². The van der Waals surface area contributed by atoms with Crippen LogP contribution in [-0.2, 0) is 6.54 Å². The van der Waals surface area contributed by atoms with Gasteiger partial charge in [0.05, 0.1) is 18.2 Å². The zero-order valence-corrected chi connectivity index (χ0v) is 13.8. The van der Waals surface area contributed by atoms with E-state index in [1.54, 1.807) is 0 Å². The minimum Gasteiger partial charge on any atom is -0.489 e. The number of benzene rings is 1. The van der Waals surface area contributed by atoms with E-state index in [2.05, 4.69) is 11.8 Å². The summed E-state index contributed by atoms with van der Waals surface area (Å²) in [5, 5.41) is 0.635. The van der Waals surface area contributed by atoms with Gasteiger partial charge < -0.3 is 15.2 Å². The lowest BCUT2D eigenvalue weighted by molar-refractivity contribution is 0.296. The molecule has 2 atom stereocenters. The summed E-state index contributed by atoms with van der Waals surface area (Å²) >= 11 is 6.31. The summed E-state index contributed by atoms with van der Waals surface area (Å²) in [6.45, 7) is 6.36. The lowest BCUT2D eigenvalue weighted by Gasteiger charge is -2.17. The number of rotatable bonds is 2. The minimum atomic E-state index is 0. The third-order valence-electron chi connectivity index (χ3n) is 4.01. The molecule has 2 aliphatic heterocycles. The number of halogens is 2. The second kappa shape index (κ2) is 7.05. The Hall–Kier alpha value is -0.680. The smallest absolute Gasteiger partial charge is 0.179 e. The summed E-state index contributed by atoms with van der Waals surface area (Å²) in [7, 11) is 0. The Morgan fingerprint density at radius 3 is 2.76 bits per heavy atom. The lowest BCUT2D eigenvalue weighted by atomic mass is 10.1. The zero-order chi connectivity index (χ0) is 14.1. The summed E-state index contributed by atoms with van der Waals surface area (Å²) in [4.78, 5) is 2.37. The number of hydrogen-bond acceptors (Lipinski definition) is 4. The van der Waals surface area contributed by atoms with Crippen molar-refractivity contribution >= 4 is 24.0 Å². The Morgan fingerprint density at radius 1 is 1.29 bits per heavy atom. The molecule has 1 aromatic carbocycles. The van der Waals surface area contributed by atoms with Crippen LogP contribution in [0.1, 0.15) is 18.9 Å². The quantitative estimate of drug-likeness (QED) is 0.904. The van der Waals surface area contributed by atoms with Crippen molar-refractivity contribution in [3.8, 4) is 11.5 Å². The molecule has 0 aromatic heterocycles. The molecule has 1 aromatic rings. The van der Waals surface area contributed by atoms with Gasteiger partial charge in [-0.2, -0.15) is 0 Å². The molecular formula is C15H22Cl2N2O2. The van der Waals surface area contributed by atoms with Crippen LogP contribution in [0.5, 0.6) is 11.5 Å². The van der Waals surface area contributed by atoms with Crippen LogP contribution >= 0.6 is 24.0 Å². The lowest BCUT2D eigenvalue weighted by Crippen LogP contribution is -2.28. The Kier molecular flexibility index (Phi) is 5.60. The average Bonchev–Trinajstić information content (AvgIpc) is 2.62. The van der Waals surface area contributed by atoms with Crippen molar-refractivity contribution in [1.29, 1.82) is 0 Å². The van der Waals surface area contributed by atoms with E-state index in [0.717, 1.165) is 37.4 Å². The van der Waals surface area contributed by atoms with Gasteiger partial charge in [-0.25, -0.2) is 0 Å². The average molecular weight is 333 g/mol. The summed E-state index contributed by atoms with van der Waals surface area (Å²) in [6.07, 6.45) is 0.888. The van der Waals surface area contributed by atoms with E-state index in [0.29, 0.717) is 29.9 Å². The number of likely N-dealkylation sites (tertiary alicyclic amines) is 1. The van der Waals surface area contributed by atoms with Crippen LogP contribution < -0.4 is 15.2 Å². The van der Waals surface area contributed by atoms with Crippen molar-refractivity contribution in [2.24, 2.45) is 11.7 Å². The van der Waals surface area contributed by atoms with E-state index in [-0.39, 0.29) is 18.4 Å². The van der Waals surface area contributed by atoms with Crippen LogP contribution in [0.25, 0.3) is 0 Å².